The molecular weight excluding hydrogens is 603 g/mol. The number of benzene rings is 3. The average molecular weight is 620 g/mol. The molecule has 7 aromatic rings. The Morgan fingerprint density at radius 2 is 1.56 bits per heavy atom. The molecule has 4 aromatic heterocycles. The quantitative estimate of drug-likeness (QED) is 0.262. The van der Waals surface area contributed by atoms with E-state index < -0.39 is 0 Å². The van der Waals surface area contributed by atoms with Gasteiger partial charge in [-0.1, -0.05) is 48.2 Å². The van der Waals surface area contributed by atoms with Gasteiger partial charge in [0.15, 0.2) is 0 Å². The van der Waals surface area contributed by atoms with Crippen molar-refractivity contribution in [3.8, 4) is 17.2 Å². The van der Waals surface area contributed by atoms with Crippen molar-refractivity contribution in [1.29, 1.82) is 0 Å². The van der Waals surface area contributed by atoms with E-state index in [0.29, 0.717) is 5.82 Å². The van der Waals surface area contributed by atoms with Crippen molar-refractivity contribution < 1.29 is 20.1 Å². The van der Waals surface area contributed by atoms with E-state index in [1.165, 1.54) is 0 Å². The van der Waals surface area contributed by atoms with Crippen molar-refractivity contribution in [2.24, 2.45) is 0 Å². The van der Waals surface area contributed by atoms with Crippen LogP contribution in [-0.2, 0) is 20.1 Å². The summed E-state index contributed by atoms with van der Waals surface area (Å²) in [5, 5.41) is 4.26. The molecule has 0 fully saturated rings. The van der Waals surface area contributed by atoms with Crippen LogP contribution in [0.1, 0.15) is 0 Å². The van der Waals surface area contributed by atoms with Gasteiger partial charge in [0.1, 0.15) is 6.33 Å². The van der Waals surface area contributed by atoms with E-state index in [1.54, 1.807) is 12.5 Å². The first-order valence-electron chi connectivity index (χ1n) is 10.5. The monoisotopic (exact) mass is 620 g/mol. The number of imidazole rings is 2. The Morgan fingerprint density at radius 1 is 0.765 bits per heavy atom. The van der Waals surface area contributed by atoms with Crippen LogP contribution in [0.3, 0.4) is 0 Å². The summed E-state index contributed by atoms with van der Waals surface area (Å²) in [5.41, 5.74) is 5.74. The zero-order valence-corrected chi connectivity index (χ0v) is 20.2. The van der Waals surface area contributed by atoms with E-state index in [9.17, 15) is 0 Å². The normalized spacial score (nSPS) is 10.7. The first-order chi connectivity index (χ1) is 16.4. The molecule has 0 aliphatic carbocycles. The number of hydrogen-bond acceptors (Lipinski definition) is 4. The standard InChI is InChI=1S/C14H9N4.C12H8N3.Ir/c1-2-6-11(7-3-1)17-12-8-4-5-9-13(12)18-14(17)15-10-16-18;1-2-6-10-9(5-1)14-12(15-10)11-7-3-4-8-13-11;/h1-6,8-10H;1-8H;/q2*-1;. The van der Waals surface area contributed by atoms with Gasteiger partial charge in [-0.3, -0.25) is 4.98 Å². The molecule has 8 heteroatoms. The van der Waals surface area contributed by atoms with E-state index in [-0.39, 0.29) is 20.1 Å². The molecule has 0 unspecified atom stereocenters. The number of aromatic nitrogens is 7. The molecule has 3 aromatic carbocycles. The second-order valence-corrected chi connectivity index (χ2v) is 7.29. The Morgan fingerprint density at radius 3 is 2.35 bits per heavy atom. The summed E-state index contributed by atoms with van der Waals surface area (Å²) >= 11 is 0. The van der Waals surface area contributed by atoms with E-state index in [2.05, 4.69) is 41.7 Å². The summed E-state index contributed by atoms with van der Waals surface area (Å²) in [6.07, 6.45) is 3.32. The number of hydrogen-bond donors (Lipinski definition) is 0. The fourth-order valence-electron chi connectivity index (χ4n) is 3.77. The van der Waals surface area contributed by atoms with Crippen LogP contribution in [0.15, 0.2) is 104 Å². The van der Waals surface area contributed by atoms with Gasteiger partial charge in [-0.2, -0.15) is 38.9 Å². The van der Waals surface area contributed by atoms with Gasteiger partial charge in [-0.25, -0.2) is 0 Å². The molecule has 1 radical (unpaired) electrons. The van der Waals surface area contributed by atoms with Crippen LogP contribution in [0, 0.1) is 6.07 Å². The Bertz CT molecular complexity index is 1630. The summed E-state index contributed by atoms with van der Waals surface area (Å²) in [7, 11) is 0. The molecule has 4 heterocycles. The predicted molar refractivity (Wildman–Crippen MR) is 127 cm³/mol. The zero-order chi connectivity index (χ0) is 22.0. The molecule has 0 aliphatic rings. The second-order valence-electron chi connectivity index (χ2n) is 7.29. The van der Waals surface area contributed by atoms with Gasteiger partial charge >= 0.3 is 0 Å². The van der Waals surface area contributed by atoms with Crippen LogP contribution in [-0.4, -0.2) is 29.1 Å². The number of fused-ring (bicyclic) bond motifs is 4. The zero-order valence-electron chi connectivity index (χ0n) is 17.8. The molecule has 0 amide bonds. The summed E-state index contributed by atoms with van der Waals surface area (Å²) in [6, 6.07) is 32.8. The molecule has 0 aliphatic heterocycles. The van der Waals surface area contributed by atoms with E-state index in [1.807, 2.05) is 89.4 Å². The third-order valence-corrected chi connectivity index (χ3v) is 5.24. The van der Waals surface area contributed by atoms with Crippen molar-refractivity contribution >= 4 is 27.8 Å². The first-order valence-corrected chi connectivity index (χ1v) is 10.5. The molecular formula is C26H17IrN7-2. The minimum Gasteiger partial charge on any atom is -0.434 e. The summed E-state index contributed by atoms with van der Waals surface area (Å²) in [6.45, 7) is 0. The third kappa shape index (κ3) is 3.90. The van der Waals surface area contributed by atoms with Gasteiger partial charge in [0.25, 0.3) is 0 Å². The molecule has 7 nitrogen and oxygen atoms in total. The topological polar surface area (TPSA) is 75.0 Å². The van der Waals surface area contributed by atoms with E-state index in [0.717, 1.165) is 39.2 Å². The fraction of sp³-hybridized carbons (Fsp3) is 0. The number of nitrogens with zero attached hydrogens (tertiary/aromatic N) is 7. The summed E-state index contributed by atoms with van der Waals surface area (Å²) in [4.78, 5) is 17.4. The van der Waals surface area contributed by atoms with E-state index >= 15 is 0 Å². The molecule has 167 valence electrons. The Labute approximate surface area is 208 Å². The largest absolute Gasteiger partial charge is 0.434 e. The van der Waals surface area contributed by atoms with Gasteiger partial charge < -0.3 is 14.5 Å². The SMILES string of the molecule is [Ir].[c-]1ccccc1-n1c2ccccc2n2ncnc12.c1ccc(-c2nc3ccccc3[n-]2)nc1. The number of pyridine rings is 1. The molecule has 7 rings (SSSR count). The van der Waals surface area contributed by atoms with Gasteiger partial charge in [0.05, 0.1) is 16.7 Å². The van der Waals surface area contributed by atoms with Crippen LogP contribution in [0.5, 0.6) is 0 Å². The maximum absolute atomic E-state index is 4.41. The van der Waals surface area contributed by atoms with Crippen molar-refractivity contribution in [2.75, 3.05) is 0 Å². The molecule has 0 bridgehead atoms. The second kappa shape index (κ2) is 9.39. The fourth-order valence-corrected chi connectivity index (χ4v) is 3.77. The van der Waals surface area contributed by atoms with Gasteiger partial charge in [0, 0.05) is 26.3 Å². The van der Waals surface area contributed by atoms with Gasteiger partial charge in [-0.05, 0) is 41.1 Å². The van der Waals surface area contributed by atoms with Crippen LogP contribution in [0.25, 0.3) is 45.1 Å². The summed E-state index contributed by atoms with van der Waals surface area (Å²) in [5.74, 6) is 1.50. The Balaban J connectivity index is 0.000000140. The van der Waals surface area contributed by atoms with Crippen LogP contribution in [0.4, 0.5) is 0 Å². The third-order valence-electron chi connectivity index (χ3n) is 5.24. The van der Waals surface area contributed by atoms with Gasteiger partial charge in [0.2, 0.25) is 5.78 Å². The maximum atomic E-state index is 4.41. The average Bonchev–Trinajstić information content (AvgIpc) is 3.60. The molecule has 0 saturated heterocycles. The molecule has 0 atom stereocenters. The smallest absolute Gasteiger partial charge is 0.236 e. The first kappa shape index (κ1) is 21.7. The van der Waals surface area contributed by atoms with Crippen molar-refractivity contribution in [3.05, 3.63) is 110 Å². The van der Waals surface area contributed by atoms with Gasteiger partial charge in [-0.15, -0.1) is 6.07 Å². The summed E-state index contributed by atoms with van der Waals surface area (Å²) < 4.78 is 3.90. The van der Waals surface area contributed by atoms with Crippen LogP contribution in [0.2, 0.25) is 0 Å². The molecule has 0 N–H and O–H groups in total. The molecule has 0 spiro atoms. The minimum atomic E-state index is 0. The number of rotatable bonds is 2. The van der Waals surface area contributed by atoms with E-state index in [4.69, 9.17) is 0 Å². The minimum absolute atomic E-state index is 0. The maximum Gasteiger partial charge on any atom is 0.236 e. The van der Waals surface area contributed by atoms with Crippen LogP contribution >= 0.6 is 0 Å². The number of para-hydroxylation sites is 5. The Kier molecular flexibility index (Phi) is 5.99. The van der Waals surface area contributed by atoms with Crippen LogP contribution < -0.4 is 4.98 Å². The van der Waals surface area contributed by atoms with Crippen molar-refractivity contribution in [1.82, 2.24) is 34.1 Å². The molecule has 34 heavy (non-hydrogen) atoms. The molecule has 0 saturated carbocycles. The Hall–Kier alpha value is -4.13. The van der Waals surface area contributed by atoms with Crippen molar-refractivity contribution in [2.45, 2.75) is 0 Å². The van der Waals surface area contributed by atoms with Crippen molar-refractivity contribution in [3.63, 3.8) is 0 Å². The predicted octanol–water partition coefficient (Wildman–Crippen LogP) is 4.72.